The van der Waals surface area contributed by atoms with E-state index < -0.39 is 5.09 Å². The van der Waals surface area contributed by atoms with E-state index in [0.29, 0.717) is 87.8 Å². The number of aromatic nitrogens is 3. The van der Waals surface area contributed by atoms with Crippen LogP contribution in [0.3, 0.4) is 0 Å². The number of hydrogen-bond acceptors (Lipinski definition) is 17. The SMILES string of the molecule is CCc1ccc(OC)o1.CCc1cccc(COc2cc(OC)ccc2C=O)n1.CCc1cccc(COc2ccc(CO)cc2C=O)n1.COc1ccc(C=O)cc1OCc1cccc(CO[N+](=O)[O-])n1. The first-order chi connectivity index (χ1) is 35.0. The summed E-state index contributed by atoms with van der Waals surface area (Å²) >= 11 is 0. The molecule has 0 aliphatic heterocycles. The summed E-state index contributed by atoms with van der Waals surface area (Å²) in [6, 6.07) is 35.4. The summed E-state index contributed by atoms with van der Waals surface area (Å²) in [6.45, 7) is 6.56. The van der Waals surface area contributed by atoms with Crippen LogP contribution < -0.4 is 28.4 Å². The van der Waals surface area contributed by atoms with Crippen LogP contribution in [-0.4, -0.2) is 65.3 Å². The van der Waals surface area contributed by atoms with Gasteiger partial charge in [0.15, 0.2) is 24.1 Å². The molecule has 0 radical (unpaired) electrons. The van der Waals surface area contributed by atoms with Gasteiger partial charge in [-0.3, -0.25) is 29.3 Å². The number of aliphatic hydroxyl groups excluding tert-OH is 1. The normalized spacial score (nSPS) is 10.0. The number of ether oxygens (including phenoxy) is 6. The highest BCUT2D eigenvalue weighted by Gasteiger charge is 2.10. The van der Waals surface area contributed by atoms with Gasteiger partial charge in [0, 0.05) is 35.5 Å². The number of aldehydes is 3. The molecule has 7 rings (SSSR count). The van der Waals surface area contributed by atoms with Gasteiger partial charge in [0.05, 0.1) is 61.8 Å². The van der Waals surface area contributed by atoms with E-state index in [2.05, 4.69) is 26.7 Å². The van der Waals surface area contributed by atoms with Crippen molar-refractivity contribution >= 4 is 18.9 Å². The highest BCUT2D eigenvalue weighted by Crippen LogP contribution is 2.29. The maximum Gasteiger partial charge on any atom is 0.294 e. The van der Waals surface area contributed by atoms with Gasteiger partial charge in [0.25, 0.3) is 11.0 Å². The number of nitrogens with zero attached hydrogens (tertiary/aromatic N) is 4. The summed E-state index contributed by atoms with van der Waals surface area (Å²) in [7, 11) is 4.67. The number of aliphatic hydroxyl groups is 1. The summed E-state index contributed by atoms with van der Waals surface area (Å²) in [6.07, 6.45) is 4.88. The second-order valence-corrected chi connectivity index (χ2v) is 14.9. The number of carbonyl (C=O) groups excluding carboxylic acids is 3. The van der Waals surface area contributed by atoms with E-state index in [-0.39, 0.29) is 19.8 Å². The van der Waals surface area contributed by atoms with Gasteiger partial charge in [0.1, 0.15) is 55.7 Å². The van der Waals surface area contributed by atoms with Gasteiger partial charge in [-0.25, -0.2) is 0 Å². The lowest BCUT2D eigenvalue weighted by Gasteiger charge is -2.11. The van der Waals surface area contributed by atoms with Gasteiger partial charge in [-0.15, -0.1) is 10.1 Å². The Hall–Kier alpha value is -8.64. The molecule has 0 saturated carbocycles. The molecule has 0 aliphatic rings. The number of pyridine rings is 3. The zero-order valence-corrected chi connectivity index (χ0v) is 41.0. The molecule has 18 heteroatoms. The zero-order chi connectivity index (χ0) is 52.1. The van der Waals surface area contributed by atoms with Crippen molar-refractivity contribution in [3.63, 3.8) is 0 Å². The van der Waals surface area contributed by atoms with Crippen molar-refractivity contribution in [3.05, 3.63) is 194 Å². The molecule has 4 aromatic heterocycles. The first-order valence-electron chi connectivity index (χ1n) is 22.6. The van der Waals surface area contributed by atoms with Crippen LogP contribution in [0.5, 0.6) is 34.7 Å². The highest BCUT2D eigenvalue weighted by molar-refractivity contribution is 5.80. The molecule has 378 valence electrons. The third kappa shape index (κ3) is 18.7. The number of carbonyl (C=O) groups is 3. The van der Waals surface area contributed by atoms with Crippen LogP contribution in [0.2, 0.25) is 0 Å². The standard InChI is InChI=1S/2C16H17NO3.C15H14N2O6.C7H10O2/c1-3-13-5-4-6-14(17-13)11-20-16-9-15(19-2)8-7-12(16)10-18;1-2-14-4-3-5-15(17-14)11-20-16-7-6-12(9-18)8-13(16)10-19;1-21-14-6-5-11(8-18)7-15(14)22-9-12-3-2-4-13(16-12)10-23-17(19)20;1-3-6-4-5-7(8-2)9-6/h4-10H,3,11H2,1-2H3;3-8,10,18H,2,9,11H2,1H3;2-8H,9-10H2,1H3;4-5H,3H2,1-2H3. The molecule has 0 bridgehead atoms. The molecular weight excluding hydrogens is 929 g/mol. The second-order valence-electron chi connectivity index (χ2n) is 14.9. The van der Waals surface area contributed by atoms with Crippen molar-refractivity contribution in [1.29, 1.82) is 0 Å². The molecule has 1 N–H and O–H groups in total. The minimum Gasteiger partial charge on any atom is -0.497 e. The molecule has 7 aromatic rings. The van der Waals surface area contributed by atoms with Gasteiger partial charge in [0.2, 0.25) is 0 Å². The van der Waals surface area contributed by atoms with Crippen molar-refractivity contribution in [2.75, 3.05) is 21.3 Å². The molecule has 72 heavy (non-hydrogen) atoms. The summed E-state index contributed by atoms with van der Waals surface area (Å²) in [5.74, 6) is 4.11. The Morgan fingerprint density at radius 1 is 0.542 bits per heavy atom. The van der Waals surface area contributed by atoms with Crippen LogP contribution >= 0.6 is 0 Å². The van der Waals surface area contributed by atoms with E-state index in [4.69, 9.17) is 37.9 Å². The highest BCUT2D eigenvalue weighted by atomic mass is 16.9. The van der Waals surface area contributed by atoms with Gasteiger partial charge < -0.3 is 42.8 Å². The van der Waals surface area contributed by atoms with Gasteiger partial charge in [-0.2, -0.15) is 0 Å². The molecule has 0 aliphatic carbocycles. The van der Waals surface area contributed by atoms with E-state index >= 15 is 0 Å². The van der Waals surface area contributed by atoms with Crippen LogP contribution in [0.25, 0.3) is 0 Å². The summed E-state index contributed by atoms with van der Waals surface area (Å²) in [5, 5.41) is 18.4. The average Bonchev–Trinajstić information content (AvgIpc) is 3.92. The fourth-order valence-corrected chi connectivity index (χ4v) is 6.20. The van der Waals surface area contributed by atoms with Crippen LogP contribution in [0.1, 0.15) is 97.3 Å². The van der Waals surface area contributed by atoms with Gasteiger partial charge in [-0.05, 0) is 103 Å². The zero-order valence-electron chi connectivity index (χ0n) is 41.0. The summed E-state index contributed by atoms with van der Waals surface area (Å²) < 4.78 is 37.2. The quantitative estimate of drug-likeness (QED) is 0.0378. The van der Waals surface area contributed by atoms with E-state index in [1.165, 1.54) is 7.11 Å². The Labute approximate surface area is 417 Å². The Morgan fingerprint density at radius 2 is 1.10 bits per heavy atom. The van der Waals surface area contributed by atoms with Crippen molar-refractivity contribution in [1.82, 2.24) is 15.0 Å². The third-order valence-electron chi connectivity index (χ3n) is 10.0. The fraction of sp³-hybridized carbons (Fsp3) is 0.259. The van der Waals surface area contributed by atoms with Crippen LogP contribution in [0.4, 0.5) is 0 Å². The van der Waals surface area contributed by atoms with Gasteiger partial charge in [-0.1, -0.05) is 45.0 Å². The van der Waals surface area contributed by atoms with Crippen LogP contribution in [-0.2, 0) is 57.1 Å². The maximum absolute atomic E-state index is 11.0. The Bertz CT molecular complexity index is 2780. The van der Waals surface area contributed by atoms with Crippen LogP contribution in [0.15, 0.2) is 126 Å². The molecule has 0 amide bonds. The molecular formula is C54H58N4O14. The van der Waals surface area contributed by atoms with Gasteiger partial charge >= 0.3 is 0 Å². The molecule has 0 spiro atoms. The van der Waals surface area contributed by atoms with E-state index in [1.54, 1.807) is 87.0 Å². The van der Waals surface area contributed by atoms with E-state index in [1.807, 2.05) is 62.4 Å². The first kappa shape index (κ1) is 56.0. The molecule has 18 nitrogen and oxygen atoms in total. The number of benzene rings is 3. The number of rotatable bonds is 22. The smallest absolute Gasteiger partial charge is 0.294 e. The maximum atomic E-state index is 11.0. The predicted octanol–water partition coefficient (Wildman–Crippen LogP) is 9.61. The van der Waals surface area contributed by atoms with Crippen molar-refractivity contribution in [2.45, 2.75) is 73.1 Å². The number of furan rings is 1. The predicted molar refractivity (Wildman–Crippen MR) is 265 cm³/mol. The van der Waals surface area contributed by atoms with Crippen molar-refractivity contribution in [2.24, 2.45) is 0 Å². The lowest BCUT2D eigenvalue weighted by molar-refractivity contribution is -0.763. The molecule has 0 saturated heterocycles. The molecule has 0 fully saturated rings. The molecule has 3 aromatic carbocycles. The number of methoxy groups -OCH3 is 3. The lowest BCUT2D eigenvalue weighted by Crippen LogP contribution is -2.05. The number of hydrogen-bond donors (Lipinski definition) is 1. The van der Waals surface area contributed by atoms with Crippen molar-refractivity contribution < 1.29 is 62.3 Å². The molecule has 0 unspecified atom stereocenters. The summed E-state index contributed by atoms with van der Waals surface area (Å²) in [5.41, 5.74) is 6.75. The molecule has 0 atom stereocenters. The molecule has 4 heterocycles. The van der Waals surface area contributed by atoms with E-state index in [9.17, 15) is 24.5 Å². The minimum atomic E-state index is -0.874. The Kier molecular flexibility index (Phi) is 23.9. The third-order valence-corrected chi connectivity index (χ3v) is 10.0. The lowest BCUT2D eigenvalue weighted by atomic mass is 10.1. The fourth-order valence-electron chi connectivity index (χ4n) is 6.20. The first-order valence-corrected chi connectivity index (χ1v) is 22.6. The Balaban J connectivity index is 0.000000216. The van der Waals surface area contributed by atoms with Crippen molar-refractivity contribution in [3.8, 4) is 34.7 Å². The average molecular weight is 987 g/mol. The van der Waals surface area contributed by atoms with Crippen LogP contribution in [0, 0.1) is 10.1 Å². The second kappa shape index (κ2) is 30.8. The van der Waals surface area contributed by atoms with E-state index in [0.717, 1.165) is 60.4 Å². The minimum absolute atomic E-state index is 0.0960. The Morgan fingerprint density at radius 3 is 1.58 bits per heavy atom. The summed E-state index contributed by atoms with van der Waals surface area (Å²) in [4.78, 5) is 60.4. The largest absolute Gasteiger partial charge is 0.497 e. The monoisotopic (exact) mass is 986 g/mol. The topological polar surface area (TPSA) is 231 Å². The number of aryl methyl sites for hydroxylation is 3.